The van der Waals surface area contributed by atoms with Gasteiger partial charge in [-0.25, -0.2) is 4.79 Å². The second-order valence-electron chi connectivity index (χ2n) is 3.27. The molecule has 0 fully saturated rings. The van der Waals surface area contributed by atoms with E-state index in [1.54, 1.807) is 6.92 Å². The Bertz CT molecular complexity index is 352. The molecule has 90 valence electrons. The van der Waals surface area contributed by atoms with Crippen LogP contribution in [0.15, 0.2) is 0 Å². The van der Waals surface area contributed by atoms with Gasteiger partial charge < -0.3 is 15.8 Å². The van der Waals surface area contributed by atoms with Gasteiger partial charge in [0.2, 0.25) is 0 Å². The van der Waals surface area contributed by atoms with Crippen LogP contribution < -0.4 is 11.1 Å². The highest BCUT2D eigenvalue weighted by Gasteiger charge is 2.19. The van der Waals surface area contributed by atoms with Crippen molar-refractivity contribution in [1.29, 1.82) is 0 Å². The lowest BCUT2D eigenvalue weighted by atomic mass is 10.3. The van der Waals surface area contributed by atoms with Gasteiger partial charge in [0.25, 0.3) is 0 Å². The summed E-state index contributed by atoms with van der Waals surface area (Å²) in [5.74, 6) is -0.171. The van der Waals surface area contributed by atoms with Gasteiger partial charge >= 0.3 is 5.97 Å². The summed E-state index contributed by atoms with van der Waals surface area (Å²) in [6.45, 7) is 5.01. The van der Waals surface area contributed by atoms with Crippen molar-refractivity contribution in [2.45, 2.75) is 26.7 Å². The Morgan fingerprint density at radius 1 is 1.56 bits per heavy atom. The normalized spacial score (nSPS) is 10.1. The molecule has 3 N–H and O–H groups in total. The molecule has 1 aromatic rings. The summed E-state index contributed by atoms with van der Waals surface area (Å²) < 4.78 is 8.88. The summed E-state index contributed by atoms with van der Waals surface area (Å²) in [5, 5.41) is 3.85. The Balaban J connectivity index is 2.73. The number of nitrogen functional groups attached to an aromatic ring is 1. The van der Waals surface area contributed by atoms with Crippen LogP contribution in [0.1, 0.15) is 37.0 Å². The maximum atomic E-state index is 11.6. The SMILES string of the molecule is CCCCNc1snc(N)c1C(=O)OCC. The predicted octanol–water partition coefficient (Wildman–Crippen LogP) is 2.11. The van der Waals surface area contributed by atoms with Crippen molar-refractivity contribution in [3.63, 3.8) is 0 Å². The first-order valence-corrected chi connectivity index (χ1v) is 6.14. The van der Waals surface area contributed by atoms with E-state index in [0.29, 0.717) is 17.2 Å². The quantitative estimate of drug-likeness (QED) is 0.591. The third kappa shape index (κ3) is 3.10. The first kappa shape index (κ1) is 12.8. The van der Waals surface area contributed by atoms with Crippen LogP contribution in [0.4, 0.5) is 10.8 Å². The van der Waals surface area contributed by atoms with Gasteiger partial charge in [-0.3, -0.25) is 0 Å². The van der Waals surface area contributed by atoms with Gasteiger partial charge in [-0.15, -0.1) is 0 Å². The minimum atomic E-state index is -0.409. The number of aromatic nitrogens is 1. The topological polar surface area (TPSA) is 77.2 Å². The molecule has 0 atom stereocenters. The number of nitrogens with two attached hydrogens (primary N) is 1. The molecular formula is C10H17N3O2S. The van der Waals surface area contributed by atoms with Crippen molar-refractivity contribution in [3.05, 3.63) is 5.56 Å². The molecule has 6 heteroatoms. The molecule has 0 aliphatic heterocycles. The van der Waals surface area contributed by atoms with E-state index in [4.69, 9.17) is 10.5 Å². The third-order valence-electron chi connectivity index (χ3n) is 2.01. The zero-order valence-corrected chi connectivity index (χ0v) is 10.4. The minimum absolute atomic E-state index is 0.238. The molecule has 5 nitrogen and oxygen atoms in total. The smallest absolute Gasteiger partial charge is 0.344 e. The summed E-state index contributed by atoms with van der Waals surface area (Å²) in [7, 11) is 0. The Hall–Kier alpha value is -1.30. The van der Waals surface area contributed by atoms with Gasteiger partial charge in [-0.1, -0.05) is 13.3 Å². The largest absolute Gasteiger partial charge is 0.462 e. The van der Waals surface area contributed by atoms with E-state index in [0.717, 1.165) is 19.4 Å². The molecule has 0 spiro atoms. The second kappa shape index (κ2) is 6.32. The van der Waals surface area contributed by atoms with E-state index in [9.17, 15) is 4.79 Å². The number of hydrogen-bond acceptors (Lipinski definition) is 6. The van der Waals surface area contributed by atoms with Crippen LogP contribution in [-0.2, 0) is 4.74 Å². The molecular weight excluding hydrogens is 226 g/mol. The van der Waals surface area contributed by atoms with Gasteiger partial charge in [0.15, 0.2) is 5.82 Å². The fraction of sp³-hybridized carbons (Fsp3) is 0.600. The molecule has 0 saturated carbocycles. The number of anilines is 2. The van der Waals surface area contributed by atoms with E-state index < -0.39 is 5.97 Å². The molecule has 0 amide bonds. The molecule has 0 bridgehead atoms. The van der Waals surface area contributed by atoms with Crippen LogP contribution in [0, 0.1) is 0 Å². The molecule has 1 aromatic heterocycles. The Morgan fingerprint density at radius 2 is 2.31 bits per heavy atom. The maximum absolute atomic E-state index is 11.6. The monoisotopic (exact) mass is 243 g/mol. The predicted molar refractivity (Wildman–Crippen MR) is 65.9 cm³/mol. The lowest BCUT2D eigenvalue weighted by Gasteiger charge is -2.05. The van der Waals surface area contributed by atoms with E-state index in [2.05, 4.69) is 16.6 Å². The first-order valence-electron chi connectivity index (χ1n) is 5.36. The molecule has 1 heterocycles. The van der Waals surface area contributed by atoms with E-state index in [1.165, 1.54) is 11.5 Å². The van der Waals surface area contributed by atoms with E-state index in [-0.39, 0.29) is 5.82 Å². The van der Waals surface area contributed by atoms with Gasteiger partial charge in [0.05, 0.1) is 6.61 Å². The number of carbonyl (C=O) groups is 1. The van der Waals surface area contributed by atoms with Gasteiger partial charge in [-0.2, -0.15) is 4.37 Å². The zero-order valence-electron chi connectivity index (χ0n) is 9.58. The fourth-order valence-corrected chi connectivity index (χ4v) is 1.93. The number of rotatable bonds is 6. The van der Waals surface area contributed by atoms with Crippen molar-refractivity contribution in [2.75, 3.05) is 24.2 Å². The molecule has 0 aliphatic rings. The highest BCUT2D eigenvalue weighted by molar-refractivity contribution is 7.11. The van der Waals surface area contributed by atoms with Crippen LogP contribution in [-0.4, -0.2) is 23.5 Å². The average Bonchev–Trinajstić information content (AvgIpc) is 2.61. The zero-order chi connectivity index (χ0) is 12.0. The number of esters is 1. The van der Waals surface area contributed by atoms with Crippen molar-refractivity contribution in [1.82, 2.24) is 4.37 Å². The highest BCUT2D eigenvalue weighted by Crippen LogP contribution is 2.27. The van der Waals surface area contributed by atoms with Crippen LogP contribution in [0.5, 0.6) is 0 Å². The van der Waals surface area contributed by atoms with Crippen LogP contribution in [0.3, 0.4) is 0 Å². The third-order valence-corrected chi connectivity index (χ3v) is 2.83. The van der Waals surface area contributed by atoms with Crippen LogP contribution in [0.25, 0.3) is 0 Å². The Labute approximate surface area is 99.2 Å². The number of hydrogen-bond donors (Lipinski definition) is 2. The fourth-order valence-electron chi connectivity index (χ4n) is 1.20. The second-order valence-corrected chi connectivity index (χ2v) is 4.05. The molecule has 0 aliphatic carbocycles. The summed E-state index contributed by atoms with van der Waals surface area (Å²) in [5.41, 5.74) is 6.00. The molecule has 0 saturated heterocycles. The number of ether oxygens (including phenoxy) is 1. The Kier molecular flexibility index (Phi) is 5.04. The van der Waals surface area contributed by atoms with Crippen molar-refractivity contribution >= 4 is 28.3 Å². The summed E-state index contributed by atoms with van der Waals surface area (Å²) in [4.78, 5) is 11.6. The average molecular weight is 243 g/mol. The van der Waals surface area contributed by atoms with E-state index >= 15 is 0 Å². The van der Waals surface area contributed by atoms with E-state index in [1.807, 2.05) is 0 Å². The number of nitrogens with one attached hydrogen (secondary N) is 1. The van der Waals surface area contributed by atoms with Crippen LogP contribution >= 0.6 is 11.5 Å². The number of unbranched alkanes of at least 4 members (excludes halogenated alkanes) is 1. The molecule has 1 rings (SSSR count). The van der Waals surface area contributed by atoms with Crippen molar-refractivity contribution < 1.29 is 9.53 Å². The van der Waals surface area contributed by atoms with Crippen molar-refractivity contribution in [3.8, 4) is 0 Å². The number of nitrogens with zero attached hydrogens (tertiary/aromatic N) is 1. The molecule has 0 radical (unpaired) electrons. The molecule has 16 heavy (non-hydrogen) atoms. The Morgan fingerprint density at radius 3 is 2.94 bits per heavy atom. The lowest BCUT2D eigenvalue weighted by Crippen LogP contribution is -2.10. The number of carbonyl (C=O) groups excluding carboxylic acids is 1. The maximum Gasteiger partial charge on any atom is 0.344 e. The molecule has 0 aromatic carbocycles. The van der Waals surface area contributed by atoms with Crippen molar-refractivity contribution in [2.24, 2.45) is 0 Å². The van der Waals surface area contributed by atoms with Crippen LogP contribution in [0.2, 0.25) is 0 Å². The van der Waals surface area contributed by atoms with Gasteiger partial charge in [0, 0.05) is 6.54 Å². The summed E-state index contributed by atoms with van der Waals surface area (Å²) >= 11 is 1.19. The van der Waals surface area contributed by atoms with Gasteiger partial charge in [-0.05, 0) is 24.9 Å². The highest BCUT2D eigenvalue weighted by atomic mass is 32.1. The standard InChI is InChI=1S/C10H17N3O2S/c1-3-5-6-12-9-7(8(11)13-16-9)10(14)15-4-2/h12H,3-6H2,1-2H3,(H2,11,13). The first-order chi connectivity index (χ1) is 7.70. The lowest BCUT2D eigenvalue weighted by molar-refractivity contribution is 0.0529. The summed E-state index contributed by atoms with van der Waals surface area (Å²) in [6.07, 6.45) is 2.14. The summed E-state index contributed by atoms with van der Waals surface area (Å²) in [6, 6.07) is 0. The van der Waals surface area contributed by atoms with Gasteiger partial charge in [0.1, 0.15) is 10.6 Å². The minimum Gasteiger partial charge on any atom is -0.462 e. The molecule has 0 unspecified atom stereocenters.